The van der Waals surface area contributed by atoms with Gasteiger partial charge in [0.2, 0.25) is 0 Å². The van der Waals surface area contributed by atoms with Gasteiger partial charge in [-0.05, 0) is 65.5 Å². The molecule has 1 fully saturated rings. The second-order valence-electron chi connectivity index (χ2n) is 7.15. The highest BCUT2D eigenvalue weighted by Crippen LogP contribution is 2.41. The van der Waals surface area contributed by atoms with Crippen molar-refractivity contribution in [3.05, 3.63) is 52.0 Å². The summed E-state index contributed by atoms with van der Waals surface area (Å²) in [7, 11) is 1.62. The third-order valence-electron chi connectivity index (χ3n) is 5.30. The molecular formula is C22H25BrN2O4. The van der Waals surface area contributed by atoms with Crippen LogP contribution in [-0.4, -0.2) is 43.8 Å². The lowest BCUT2D eigenvalue weighted by Crippen LogP contribution is -2.46. The van der Waals surface area contributed by atoms with Gasteiger partial charge in [-0.3, -0.25) is 4.79 Å². The molecule has 0 saturated carbocycles. The van der Waals surface area contributed by atoms with Crippen LogP contribution in [0.1, 0.15) is 41.9 Å². The van der Waals surface area contributed by atoms with Gasteiger partial charge in [0.25, 0.3) is 5.91 Å². The molecule has 0 aliphatic carbocycles. The van der Waals surface area contributed by atoms with Gasteiger partial charge in [0.1, 0.15) is 6.17 Å². The van der Waals surface area contributed by atoms with Gasteiger partial charge in [-0.2, -0.15) is 0 Å². The first-order valence-corrected chi connectivity index (χ1v) is 10.7. The summed E-state index contributed by atoms with van der Waals surface area (Å²) in [5, 5.41) is 3.53. The average molecular weight is 461 g/mol. The van der Waals surface area contributed by atoms with Crippen LogP contribution in [0.4, 0.5) is 5.69 Å². The molecule has 2 heterocycles. The van der Waals surface area contributed by atoms with Crippen LogP contribution in [0.3, 0.4) is 0 Å². The number of fused-ring (bicyclic) bond motifs is 1. The minimum absolute atomic E-state index is 0.00440. The fourth-order valence-corrected chi connectivity index (χ4v) is 4.58. The largest absolute Gasteiger partial charge is 0.492 e. The molecule has 0 spiro atoms. The molecule has 154 valence electrons. The third kappa shape index (κ3) is 3.94. The lowest BCUT2D eigenvalue weighted by molar-refractivity contribution is 0.0426. The molecular weight excluding hydrogens is 436 g/mol. The zero-order valence-electron chi connectivity index (χ0n) is 16.6. The Labute approximate surface area is 179 Å². The van der Waals surface area contributed by atoms with E-state index >= 15 is 0 Å². The molecule has 2 unspecified atom stereocenters. The number of hydrogen-bond acceptors (Lipinski definition) is 5. The van der Waals surface area contributed by atoms with Crippen molar-refractivity contribution in [3.63, 3.8) is 0 Å². The summed E-state index contributed by atoms with van der Waals surface area (Å²) in [6.45, 7) is 3.75. The highest BCUT2D eigenvalue weighted by atomic mass is 79.9. The molecule has 2 aliphatic rings. The molecule has 0 aromatic heterocycles. The maximum absolute atomic E-state index is 13.4. The van der Waals surface area contributed by atoms with Crippen molar-refractivity contribution in [1.82, 2.24) is 4.90 Å². The number of anilines is 1. The number of hydrogen-bond donors (Lipinski definition) is 1. The molecule has 0 bridgehead atoms. The van der Waals surface area contributed by atoms with E-state index in [2.05, 4.69) is 21.2 Å². The second-order valence-corrected chi connectivity index (χ2v) is 8.01. The quantitative estimate of drug-likeness (QED) is 0.682. The molecule has 1 N–H and O–H groups in total. The molecule has 7 heteroatoms. The number of carbonyl (C=O) groups excluding carboxylic acids is 1. The van der Waals surface area contributed by atoms with E-state index in [0.717, 1.165) is 35.2 Å². The van der Waals surface area contributed by atoms with Crippen LogP contribution in [0.2, 0.25) is 0 Å². The number of nitrogens with zero attached hydrogens (tertiary/aromatic N) is 1. The van der Waals surface area contributed by atoms with Crippen LogP contribution in [-0.2, 0) is 4.74 Å². The molecule has 4 rings (SSSR count). The average Bonchev–Trinajstić information content (AvgIpc) is 3.23. The van der Waals surface area contributed by atoms with Crippen molar-refractivity contribution < 1.29 is 19.0 Å². The Morgan fingerprint density at radius 2 is 2.14 bits per heavy atom. The van der Waals surface area contributed by atoms with E-state index in [0.29, 0.717) is 30.2 Å². The van der Waals surface area contributed by atoms with Gasteiger partial charge in [0.05, 0.1) is 29.9 Å². The van der Waals surface area contributed by atoms with E-state index in [1.165, 1.54) is 0 Å². The summed E-state index contributed by atoms with van der Waals surface area (Å²) in [4.78, 5) is 15.2. The summed E-state index contributed by atoms with van der Waals surface area (Å²) in [5.41, 5.74) is 2.43. The van der Waals surface area contributed by atoms with Crippen molar-refractivity contribution in [2.24, 2.45) is 0 Å². The topological polar surface area (TPSA) is 60.0 Å². The Balaban J connectivity index is 1.75. The highest BCUT2D eigenvalue weighted by molar-refractivity contribution is 9.10. The summed E-state index contributed by atoms with van der Waals surface area (Å²) in [6.07, 6.45) is 1.73. The van der Waals surface area contributed by atoms with Gasteiger partial charge >= 0.3 is 0 Å². The number of amides is 1. The fourth-order valence-electron chi connectivity index (χ4n) is 3.96. The Hall–Kier alpha value is -2.25. The summed E-state index contributed by atoms with van der Waals surface area (Å²) < 4.78 is 17.9. The Bertz CT molecular complexity index is 898. The van der Waals surface area contributed by atoms with E-state index in [1.807, 2.05) is 48.2 Å². The Morgan fingerprint density at radius 3 is 2.86 bits per heavy atom. The van der Waals surface area contributed by atoms with Gasteiger partial charge in [0, 0.05) is 18.8 Å². The number of halogens is 1. The van der Waals surface area contributed by atoms with E-state index in [-0.39, 0.29) is 18.2 Å². The normalized spacial score (nSPS) is 20.9. The van der Waals surface area contributed by atoms with Crippen LogP contribution in [0.15, 0.2) is 40.9 Å². The SMILES string of the molecule is CCOc1cc(C2Nc3ccccc3C(=O)N2CC2CCCO2)cc(Br)c1OC. The first-order chi connectivity index (χ1) is 14.1. The molecule has 2 aromatic carbocycles. The number of carbonyl (C=O) groups is 1. The van der Waals surface area contributed by atoms with Crippen molar-refractivity contribution >= 4 is 27.5 Å². The monoisotopic (exact) mass is 460 g/mol. The van der Waals surface area contributed by atoms with Crippen LogP contribution in [0.5, 0.6) is 11.5 Å². The number of benzene rings is 2. The third-order valence-corrected chi connectivity index (χ3v) is 5.89. The molecule has 1 amide bonds. The zero-order chi connectivity index (χ0) is 20.4. The molecule has 6 nitrogen and oxygen atoms in total. The zero-order valence-corrected chi connectivity index (χ0v) is 18.2. The minimum Gasteiger partial charge on any atom is -0.492 e. The van der Waals surface area contributed by atoms with Crippen LogP contribution in [0, 0.1) is 0 Å². The van der Waals surface area contributed by atoms with Crippen LogP contribution in [0.25, 0.3) is 0 Å². The summed E-state index contributed by atoms with van der Waals surface area (Å²) >= 11 is 3.59. The lowest BCUT2D eigenvalue weighted by Gasteiger charge is -2.39. The predicted molar refractivity (Wildman–Crippen MR) is 115 cm³/mol. The fraction of sp³-hybridized carbons (Fsp3) is 0.409. The van der Waals surface area contributed by atoms with Crippen LogP contribution < -0.4 is 14.8 Å². The maximum atomic E-state index is 13.4. The summed E-state index contributed by atoms with van der Waals surface area (Å²) in [6, 6.07) is 11.5. The molecule has 2 aromatic rings. The second kappa shape index (κ2) is 8.63. The van der Waals surface area contributed by atoms with Crippen molar-refractivity contribution in [2.45, 2.75) is 32.0 Å². The van der Waals surface area contributed by atoms with Gasteiger partial charge in [-0.15, -0.1) is 0 Å². The molecule has 2 atom stereocenters. The minimum atomic E-state index is -0.331. The predicted octanol–water partition coefficient (Wildman–Crippen LogP) is 4.60. The Morgan fingerprint density at radius 1 is 1.31 bits per heavy atom. The van der Waals surface area contributed by atoms with Gasteiger partial charge in [0.15, 0.2) is 11.5 Å². The smallest absolute Gasteiger partial charge is 0.257 e. The lowest BCUT2D eigenvalue weighted by atomic mass is 10.0. The van der Waals surface area contributed by atoms with Gasteiger partial charge < -0.3 is 24.4 Å². The van der Waals surface area contributed by atoms with E-state index < -0.39 is 0 Å². The summed E-state index contributed by atoms with van der Waals surface area (Å²) in [5.74, 6) is 1.29. The van der Waals surface area contributed by atoms with E-state index in [4.69, 9.17) is 14.2 Å². The van der Waals surface area contributed by atoms with Crippen molar-refractivity contribution in [1.29, 1.82) is 0 Å². The molecule has 1 saturated heterocycles. The Kier molecular flexibility index (Phi) is 5.96. The first-order valence-electron chi connectivity index (χ1n) is 9.90. The number of ether oxygens (including phenoxy) is 3. The maximum Gasteiger partial charge on any atom is 0.257 e. The highest BCUT2D eigenvalue weighted by Gasteiger charge is 2.35. The van der Waals surface area contributed by atoms with Crippen LogP contribution >= 0.6 is 15.9 Å². The van der Waals surface area contributed by atoms with E-state index in [1.54, 1.807) is 7.11 Å². The first kappa shape index (κ1) is 20.0. The van der Waals surface area contributed by atoms with Crippen molar-refractivity contribution in [2.75, 3.05) is 32.2 Å². The van der Waals surface area contributed by atoms with Crippen molar-refractivity contribution in [3.8, 4) is 11.5 Å². The molecule has 29 heavy (non-hydrogen) atoms. The standard InChI is InChI=1S/C22H25BrN2O4/c1-3-28-19-12-14(11-17(23)20(19)27-2)21-24-18-9-5-4-8-16(18)22(26)25(21)13-15-7-6-10-29-15/h4-5,8-9,11-12,15,21,24H,3,6-7,10,13H2,1-2H3. The number of nitrogens with one attached hydrogen (secondary N) is 1. The van der Waals surface area contributed by atoms with Gasteiger partial charge in [-0.25, -0.2) is 0 Å². The molecule has 2 aliphatic heterocycles. The van der Waals surface area contributed by atoms with E-state index in [9.17, 15) is 4.79 Å². The number of para-hydroxylation sites is 1. The molecule has 0 radical (unpaired) electrons. The number of methoxy groups -OCH3 is 1. The van der Waals surface area contributed by atoms with Gasteiger partial charge in [-0.1, -0.05) is 12.1 Å². The number of rotatable bonds is 6.